The molecule has 0 atom stereocenters. The summed E-state index contributed by atoms with van der Waals surface area (Å²) in [5.74, 6) is -10.9. The van der Waals surface area contributed by atoms with Gasteiger partial charge < -0.3 is 4.42 Å². The smallest absolute Gasteiger partial charge is 0.246 e. The van der Waals surface area contributed by atoms with E-state index in [0.717, 1.165) is 26.4 Å². The third-order valence-corrected chi connectivity index (χ3v) is 4.80. The lowest BCUT2D eigenvalue weighted by Gasteiger charge is -2.16. The van der Waals surface area contributed by atoms with Gasteiger partial charge in [0.1, 0.15) is 4.90 Å². The van der Waals surface area contributed by atoms with Gasteiger partial charge >= 0.3 is 0 Å². The molecule has 0 N–H and O–H groups in total. The van der Waals surface area contributed by atoms with Crippen LogP contribution in [0, 0.1) is 23.3 Å². The topological polar surface area (TPSA) is 67.6 Å². The molecule has 23 heavy (non-hydrogen) atoms. The van der Waals surface area contributed by atoms with Crippen molar-refractivity contribution in [3.8, 4) is 0 Å². The maximum absolute atomic E-state index is 14.0. The number of nitrogens with zero attached hydrogens (tertiary/aromatic N) is 1. The van der Waals surface area contributed by atoms with Crippen LogP contribution in [-0.4, -0.2) is 32.6 Å². The number of halogens is 4. The summed E-state index contributed by atoms with van der Waals surface area (Å²) in [7, 11) is -2.88. The van der Waals surface area contributed by atoms with Crippen molar-refractivity contribution in [1.29, 1.82) is 0 Å². The van der Waals surface area contributed by atoms with Crippen LogP contribution in [-0.2, 0) is 10.0 Å². The summed E-state index contributed by atoms with van der Waals surface area (Å²) in [6.45, 7) is 0. The van der Waals surface area contributed by atoms with Crippen LogP contribution in [0.25, 0.3) is 0 Å². The van der Waals surface area contributed by atoms with Crippen LogP contribution in [0.2, 0.25) is 0 Å². The Hall–Kier alpha value is -2.20. The lowest BCUT2D eigenvalue weighted by atomic mass is 10.1. The van der Waals surface area contributed by atoms with Crippen molar-refractivity contribution in [2.24, 2.45) is 0 Å². The van der Waals surface area contributed by atoms with Crippen LogP contribution in [0.15, 0.2) is 27.7 Å². The van der Waals surface area contributed by atoms with E-state index in [9.17, 15) is 30.8 Å². The number of hydrogen-bond acceptors (Lipinski definition) is 4. The molecule has 0 aliphatic carbocycles. The van der Waals surface area contributed by atoms with Crippen LogP contribution in [0.5, 0.6) is 0 Å². The van der Waals surface area contributed by atoms with E-state index in [1.165, 1.54) is 6.07 Å². The van der Waals surface area contributed by atoms with Crippen molar-refractivity contribution < 1.29 is 35.2 Å². The molecule has 2 rings (SSSR count). The highest BCUT2D eigenvalue weighted by molar-refractivity contribution is 7.89. The average Bonchev–Trinajstić information content (AvgIpc) is 3.01. The van der Waals surface area contributed by atoms with Gasteiger partial charge in [-0.05, 0) is 12.1 Å². The molecule has 1 aromatic heterocycles. The maximum Gasteiger partial charge on any atom is 0.246 e. The zero-order valence-corrected chi connectivity index (χ0v) is 12.5. The molecule has 0 saturated heterocycles. The number of benzene rings is 1. The molecule has 2 aromatic rings. The average molecular weight is 351 g/mol. The van der Waals surface area contributed by atoms with Crippen LogP contribution < -0.4 is 0 Å². The quantitative estimate of drug-likeness (QED) is 0.367. The van der Waals surface area contributed by atoms with Crippen molar-refractivity contribution >= 4 is 15.8 Å². The maximum atomic E-state index is 14.0. The summed E-state index contributed by atoms with van der Waals surface area (Å²) in [5, 5.41) is 0. The molecule has 0 bridgehead atoms. The molecule has 1 aromatic carbocycles. The molecule has 0 spiro atoms. The zero-order valence-electron chi connectivity index (χ0n) is 11.7. The van der Waals surface area contributed by atoms with Gasteiger partial charge in [0.15, 0.2) is 29.0 Å². The Labute approximate surface area is 128 Å². The first-order valence-corrected chi connectivity index (χ1v) is 7.41. The lowest BCUT2D eigenvalue weighted by Crippen LogP contribution is -2.27. The molecule has 0 radical (unpaired) electrons. The number of hydrogen-bond donors (Lipinski definition) is 0. The van der Waals surface area contributed by atoms with Gasteiger partial charge in [-0.15, -0.1) is 0 Å². The van der Waals surface area contributed by atoms with Gasteiger partial charge in [-0.3, -0.25) is 4.79 Å². The van der Waals surface area contributed by atoms with Gasteiger partial charge in [-0.25, -0.2) is 30.3 Å². The number of rotatable bonds is 4. The highest BCUT2D eigenvalue weighted by Gasteiger charge is 2.37. The normalized spacial score (nSPS) is 12.0. The summed E-state index contributed by atoms with van der Waals surface area (Å²) in [4.78, 5) is 10.6. The number of ketones is 1. The first-order valence-electron chi connectivity index (χ1n) is 5.97. The fourth-order valence-corrected chi connectivity index (χ4v) is 2.89. The molecule has 5 nitrogen and oxygen atoms in total. The second-order valence-electron chi connectivity index (χ2n) is 4.55. The van der Waals surface area contributed by atoms with E-state index >= 15 is 0 Å². The predicted molar refractivity (Wildman–Crippen MR) is 69.3 cm³/mol. The molecule has 0 aliphatic heterocycles. The number of sulfonamides is 1. The second-order valence-corrected chi connectivity index (χ2v) is 6.64. The fourth-order valence-electron chi connectivity index (χ4n) is 1.77. The Bertz CT molecular complexity index is 876. The molecule has 124 valence electrons. The first kappa shape index (κ1) is 17.2. The van der Waals surface area contributed by atoms with Crippen molar-refractivity contribution in [3.05, 3.63) is 53.0 Å². The Kier molecular flexibility index (Phi) is 4.31. The van der Waals surface area contributed by atoms with E-state index in [-0.39, 0.29) is 0 Å². The highest BCUT2D eigenvalue weighted by Crippen LogP contribution is 2.31. The summed E-state index contributed by atoms with van der Waals surface area (Å²) in [6, 6.07) is 2.26. The monoisotopic (exact) mass is 351 g/mol. The van der Waals surface area contributed by atoms with Crippen LogP contribution in [0.4, 0.5) is 17.6 Å². The fraction of sp³-hybridized carbons (Fsp3) is 0.154. The zero-order chi connectivity index (χ0) is 17.5. The van der Waals surface area contributed by atoms with Gasteiger partial charge in [-0.1, -0.05) is 0 Å². The number of carbonyl (C=O) groups is 1. The van der Waals surface area contributed by atoms with E-state index in [2.05, 4.69) is 4.42 Å². The minimum Gasteiger partial charge on any atom is -0.461 e. The lowest BCUT2D eigenvalue weighted by molar-refractivity contribution is 0.0999. The first-order chi connectivity index (χ1) is 10.6. The standard InChI is InChI=1S/C13H9F4NO4S/c1-18(2)23(20,21)13-7(12(19)6-4-3-5-22-6)8(14)9(15)10(16)11(13)17/h3-5H,1-2H3. The van der Waals surface area contributed by atoms with Crippen molar-refractivity contribution in [3.63, 3.8) is 0 Å². The summed E-state index contributed by atoms with van der Waals surface area (Å²) < 4.78 is 84.2. The van der Waals surface area contributed by atoms with Gasteiger partial charge in [-0.2, -0.15) is 0 Å². The SMILES string of the molecule is CN(C)S(=O)(=O)c1c(F)c(F)c(F)c(F)c1C(=O)c1ccco1. The molecule has 0 fully saturated rings. The molecule has 0 saturated carbocycles. The Morgan fingerprint density at radius 3 is 2.09 bits per heavy atom. The largest absolute Gasteiger partial charge is 0.461 e. The third kappa shape index (κ3) is 2.63. The van der Waals surface area contributed by atoms with Gasteiger partial charge in [0, 0.05) is 14.1 Å². The molecule has 0 unspecified atom stereocenters. The minimum atomic E-state index is -4.79. The molecule has 1 heterocycles. The Morgan fingerprint density at radius 2 is 1.61 bits per heavy atom. The van der Waals surface area contributed by atoms with Gasteiger partial charge in [0.2, 0.25) is 15.8 Å². The molecular formula is C13H9F4NO4S. The highest BCUT2D eigenvalue weighted by atomic mass is 32.2. The van der Waals surface area contributed by atoms with E-state index in [0.29, 0.717) is 4.31 Å². The predicted octanol–water partition coefficient (Wildman–Crippen LogP) is 2.32. The minimum absolute atomic E-state index is 0.432. The Balaban J connectivity index is 2.93. The van der Waals surface area contributed by atoms with Gasteiger partial charge in [0.05, 0.1) is 11.8 Å². The van der Waals surface area contributed by atoms with Crippen LogP contribution in [0.3, 0.4) is 0 Å². The molecule has 0 amide bonds. The third-order valence-electron chi connectivity index (χ3n) is 2.93. The van der Waals surface area contributed by atoms with Gasteiger partial charge in [0.25, 0.3) is 0 Å². The van der Waals surface area contributed by atoms with Crippen molar-refractivity contribution in [2.45, 2.75) is 4.90 Å². The van der Waals surface area contributed by atoms with Crippen molar-refractivity contribution in [1.82, 2.24) is 4.31 Å². The van der Waals surface area contributed by atoms with E-state index in [1.807, 2.05) is 0 Å². The summed E-state index contributed by atoms with van der Waals surface area (Å²) in [6.07, 6.45) is 1.02. The summed E-state index contributed by atoms with van der Waals surface area (Å²) >= 11 is 0. The molecule has 10 heteroatoms. The summed E-state index contributed by atoms with van der Waals surface area (Å²) in [5.41, 5.74) is -1.47. The van der Waals surface area contributed by atoms with E-state index < -0.39 is 55.3 Å². The van der Waals surface area contributed by atoms with E-state index in [1.54, 1.807) is 0 Å². The number of carbonyl (C=O) groups excluding carboxylic acids is 1. The van der Waals surface area contributed by atoms with Crippen LogP contribution in [0.1, 0.15) is 16.1 Å². The number of furan rings is 1. The van der Waals surface area contributed by atoms with Crippen molar-refractivity contribution in [2.75, 3.05) is 14.1 Å². The second kappa shape index (κ2) is 5.78. The van der Waals surface area contributed by atoms with Crippen LogP contribution >= 0.6 is 0 Å². The molecule has 0 aliphatic rings. The van der Waals surface area contributed by atoms with E-state index in [4.69, 9.17) is 0 Å². The Morgan fingerprint density at radius 1 is 1.04 bits per heavy atom. The molecular weight excluding hydrogens is 342 g/mol.